The molecule has 0 radical (unpaired) electrons. The molecule has 0 spiro atoms. The van der Waals surface area contributed by atoms with E-state index in [2.05, 4.69) is 0 Å². The average molecular weight is 439 g/mol. The van der Waals surface area contributed by atoms with Crippen molar-refractivity contribution in [3.8, 4) is 0 Å². The van der Waals surface area contributed by atoms with Gasteiger partial charge in [0.25, 0.3) is 30.4 Å². The zero-order chi connectivity index (χ0) is 20.3. The Morgan fingerprint density at radius 2 is 1.15 bits per heavy atom. The molecule has 158 valence electrons. The highest BCUT2D eigenvalue weighted by molar-refractivity contribution is 7.87. The Morgan fingerprint density at radius 1 is 0.654 bits per heavy atom. The highest BCUT2D eigenvalue weighted by Gasteiger charge is 2.21. The van der Waals surface area contributed by atoms with E-state index in [1.54, 1.807) is 0 Å². The van der Waals surface area contributed by atoms with Gasteiger partial charge in [0.15, 0.2) is 0 Å². The molecule has 1 atom stereocenters. The number of hydrogen-bond donors (Lipinski definition) is 0. The summed E-state index contributed by atoms with van der Waals surface area (Å²) in [7, 11) is -10.8. The van der Waals surface area contributed by atoms with Crippen LogP contribution in [0.4, 0.5) is 0 Å². The number of hydrogen-bond acceptors (Lipinski definition) is 9. The molecule has 26 heavy (non-hydrogen) atoms. The van der Waals surface area contributed by atoms with Gasteiger partial charge in [-0.2, -0.15) is 25.3 Å². The fourth-order valence-corrected chi connectivity index (χ4v) is 3.56. The first-order chi connectivity index (χ1) is 12.0. The van der Waals surface area contributed by atoms with Crippen molar-refractivity contribution in [2.45, 2.75) is 59.0 Å². The fourth-order valence-electron chi connectivity index (χ4n) is 1.79. The zero-order valence-corrected chi connectivity index (χ0v) is 18.0. The topological polar surface area (TPSA) is 130 Å². The van der Waals surface area contributed by atoms with Gasteiger partial charge in [-0.15, -0.1) is 0 Å². The van der Waals surface area contributed by atoms with Crippen LogP contribution in [-0.2, 0) is 42.9 Å². The second-order valence-corrected chi connectivity index (χ2v) is 11.3. The Morgan fingerprint density at radius 3 is 1.69 bits per heavy atom. The molecule has 0 aliphatic heterocycles. The Bertz CT molecular complexity index is 681. The summed E-state index contributed by atoms with van der Waals surface area (Å²) in [5, 5.41) is 0. The normalized spacial score (nSPS) is 14.4. The van der Waals surface area contributed by atoms with Gasteiger partial charge < -0.3 is 0 Å². The summed E-state index contributed by atoms with van der Waals surface area (Å²) in [6.45, 7) is 4.11. The van der Waals surface area contributed by atoms with E-state index >= 15 is 0 Å². The largest absolute Gasteiger partial charge is 0.270 e. The van der Waals surface area contributed by atoms with Crippen molar-refractivity contribution in [2.75, 3.05) is 30.5 Å². The van der Waals surface area contributed by atoms with Crippen LogP contribution in [0, 0.1) is 0 Å². The Hall–Kier alpha value is -0.270. The van der Waals surface area contributed by atoms with E-state index in [-0.39, 0.29) is 30.5 Å². The molecule has 0 heterocycles. The Balaban J connectivity index is 4.30. The third kappa shape index (κ3) is 13.0. The maximum atomic E-state index is 11.6. The maximum absolute atomic E-state index is 11.6. The summed E-state index contributed by atoms with van der Waals surface area (Å²) in [6.07, 6.45) is 1.96. The molecule has 0 fully saturated rings. The molecule has 0 N–H and O–H groups in total. The van der Waals surface area contributed by atoms with Crippen molar-refractivity contribution < 1.29 is 37.8 Å². The van der Waals surface area contributed by atoms with Gasteiger partial charge in [-0.05, 0) is 33.6 Å². The SMILES string of the molecule is CCS(=O)(=O)OCCCCCCC(COS(=O)(=O)CC)OS(=O)(=O)CC. The molecule has 0 saturated carbocycles. The molecule has 0 aliphatic rings. The van der Waals surface area contributed by atoms with Crippen LogP contribution in [0.1, 0.15) is 52.9 Å². The summed E-state index contributed by atoms with van der Waals surface area (Å²) in [6, 6.07) is 0. The van der Waals surface area contributed by atoms with Crippen molar-refractivity contribution in [1.29, 1.82) is 0 Å². The second kappa shape index (κ2) is 12.2. The van der Waals surface area contributed by atoms with Crippen molar-refractivity contribution in [3.63, 3.8) is 0 Å². The average Bonchev–Trinajstić information content (AvgIpc) is 2.58. The maximum Gasteiger partial charge on any atom is 0.267 e. The lowest BCUT2D eigenvalue weighted by atomic mass is 10.1. The summed E-state index contributed by atoms with van der Waals surface area (Å²) < 4.78 is 82.8. The summed E-state index contributed by atoms with van der Waals surface area (Å²) in [5.74, 6) is -0.493. The first-order valence-electron chi connectivity index (χ1n) is 8.62. The predicted octanol–water partition coefficient (Wildman–Crippen LogP) is 1.40. The molecule has 0 aromatic rings. The first-order valence-corrected chi connectivity index (χ1v) is 13.3. The van der Waals surface area contributed by atoms with Crippen LogP contribution in [0.2, 0.25) is 0 Å². The van der Waals surface area contributed by atoms with E-state index in [4.69, 9.17) is 12.5 Å². The molecule has 0 bridgehead atoms. The van der Waals surface area contributed by atoms with Gasteiger partial charge in [0.1, 0.15) is 6.10 Å². The lowest BCUT2D eigenvalue weighted by Crippen LogP contribution is -2.26. The lowest BCUT2D eigenvalue weighted by molar-refractivity contribution is 0.127. The number of rotatable bonds is 16. The Labute approximate surface area is 157 Å². The first kappa shape index (κ1) is 25.7. The van der Waals surface area contributed by atoms with Crippen LogP contribution in [0.15, 0.2) is 0 Å². The van der Waals surface area contributed by atoms with E-state index in [0.717, 1.165) is 0 Å². The molecule has 12 heteroatoms. The van der Waals surface area contributed by atoms with Crippen LogP contribution >= 0.6 is 0 Å². The molecule has 0 rings (SSSR count). The van der Waals surface area contributed by atoms with E-state index in [1.807, 2.05) is 0 Å². The standard InChI is InChI=1S/C14H30O9S3/c1-4-24(15,16)21-12-10-8-7-9-11-14(23-26(19,20)6-3)13-22-25(17,18)5-2/h14H,4-13H2,1-3H3. The van der Waals surface area contributed by atoms with Crippen molar-refractivity contribution in [1.82, 2.24) is 0 Å². The minimum Gasteiger partial charge on any atom is -0.270 e. The minimum absolute atomic E-state index is 0.0708. The molecular formula is C14H30O9S3. The second-order valence-electron chi connectivity index (χ2n) is 5.57. The smallest absolute Gasteiger partial charge is 0.267 e. The molecular weight excluding hydrogens is 408 g/mol. The zero-order valence-electron chi connectivity index (χ0n) is 15.5. The van der Waals surface area contributed by atoms with E-state index in [0.29, 0.717) is 32.1 Å². The van der Waals surface area contributed by atoms with Crippen LogP contribution in [0.25, 0.3) is 0 Å². The van der Waals surface area contributed by atoms with Gasteiger partial charge in [0.05, 0.1) is 30.5 Å². The van der Waals surface area contributed by atoms with Gasteiger partial charge in [0.2, 0.25) is 0 Å². The van der Waals surface area contributed by atoms with E-state index < -0.39 is 36.5 Å². The highest BCUT2D eigenvalue weighted by atomic mass is 32.2. The predicted molar refractivity (Wildman–Crippen MR) is 98.2 cm³/mol. The summed E-state index contributed by atoms with van der Waals surface area (Å²) in [5.41, 5.74) is 0. The third-order valence-electron chi connectivity index (χ3n) is 3.46. The van der Waals surface area contributed by atoms with Crippen LogP contribution in [0.5, 0.6) is 0 Å². The van der Waals surface area contributed by atoms with Crippen molar-refractivity contribution in [3.05, 3.63) is 0 Å². The van der Waals surface area contributed by atoms with Crippen LogP contribution in [-0.4, -0.2) is 61.8 Å². The molecule has 0 amide bonds. The third-order valence-corrected chi connectivity index (χ3v) is 7.17. The van der Waals surface area contributed by atoms with Gasteiger partial charge >= 0.3 is 0 Å². The molecule has 9 nitrogen and oxygen atoms in total. The van der Waals surface area contributed by atoms with Crippen LogP contribution in [0.3, 0.4) is 0 Å². The molecule has 0 aromatic carbocycles. The fraction of sp³-hybridized carbons (Fsp3) is 1.00. The van der Waals surface area contributed by atoms with Gasteiger partial charge in [-0.3, -0.25) is 12.5 Å². The molecule has 0 saturated heterocycles. The molecule has 0 aliphatic carbocycles. The van der Waals surface area contributed by atoms with E-state index in [9.17, 15) is 25.3 Å². The van der Waals surface area contributed by atoms with Gasteiger partial charge in [0, 0.05) is 0 Å². The van der Waals surface area contributed by atoms with Gasteiger partial charge in [-0.1, -0.05) is 19.3 Å². The van der Waals surface area contributed by atoms with Crippen molar-refractivity contribution in [2.24, 2.45) is 0 Å². The van der Waals surface area contributed by atoms with E-state index in [1.165, 1.54) is 20.8 Å². The van der Waals surface area contributed by atoms with Crippen LogP contribution < -0.4 is 0 Å². The minimum atomic E-state index is -3.73. The molecule has 0 aromatic heterocycles. The quantitative estimate of drug-likeness (QED) is 0.259. The summed E-state index contributed by atoms with van der Waals surface area (Å²) >= 11 is 0. The summed E-state index contributed by atoms with van der Waals surface area (Å²) in [4.78, 5) is 0. The monoisotopic (exact) mass is 438 g/mol. The van der Waals surface area contributed by atoms with Gasteiger partial charge in [-0.25, -0.2) is 0 Å². The highest BCUT2D eigenvalue weighted by Crippen LogP contribution is 2.13. The number of unbranched alkanes of at least 4 members (excludes halogenated alkanes) is 3. The Kier molecular flexibility index (Phi) is 12.1. The molecule has 1 unspecified atom stereocenters. The lowest BCUT2D eigenvalue weighted by Gasteiger charge is -2.17. The van der Waals surface area contributed by atoms with Crippen molar-refractivity contribution >= 4 is 30.4 Å².